The van der Waals surface area contributed by atoms with Gasteiger partial charge in [0.25, 0.3) is 0 Å². The maximum Gasteiger partial charge on any atom is 0.322 e. The van der Waals surface area contributed by atoms with Gasteiger partial charge in [-0.05, 0) is 13.3 Å². The molecule has 0 aliphatic heterocycles. The quantitative estimate of drug-likeness (QED) is 0.341. The highest BCUT2D eigenvalue weighted by atomic mass is 16.7. The van der Waals surface area contributed by atoms with Gasteiger partial charge < -0.3 is 14.2 Å². The van der Waals surface area contributed by atoms with Gasteiger partial charge in [0, 0.05) is 6.61 Å². The Bertz CT molecular complexity index is 225. The van der Waals surface area contributed by atoms with Crippen LogP contribution in [0.25, 0.3) is 0 Å². The van der Waals surface area contributed by atoms with Crippen LogP contribution in [0.3, 0.4) is 0 Å². The molecule has 0 saturated heterocycles. The summed E-state index contributed by atoms with van der Waals surface area (Å²) in [6.45, 7) is 5.30. The van der Waals surface area contributed by atoms with Crippen LogP contribution in [0, 0.1) is 11.3 Å². The molecule has 0 radical (unpaired) electrons. The van der Waals surface area contributed by atoms with Crippen LogP contribution in [0.5, 0.6) is 0 Å². The zero-order valence-electron chi connectivity index (χ0n) is 9.90. The van der Waals surface area contributed by atoms with Crippen molar-refractivity contribution in [1.82, 2.24) is 0 Å². The predicted molar refractivity (Wildman–Crippen MR) is 57.5 cm³/mol. The van der Waals surface area contributed by atoms with Crippen molar-refractivity contribution < 1.29 is 19.0 Å². The summed E-state index contributed by atoms with van der Waals surface area (Å²) in [5, 5.41) is 8.23. The van der Waals surface area contributed by atoms with Crippen molar-refractivity contribution in [1.29, 1.82) is 5.26 Å². The molecule has 5 heteroatoms. The number of unbranched alkanes of at least 4 members (excludes halogenated alkanes) is 1. The van der Waals surface area contributed by atoms with Gasteiger partial charge in [-0.3, -0.25) is 4.79 Å². The van der Waals surface area contributed by atoms with Gasteiger partial charge in [0.1, 0.15) is 6.42 Å². The number of nitriles is 1. The minimum Gasteiger partial charge on any atom is -0.435 e. The van der Waals surface area contributed by atoms with E-state index < -0.39 is 12.3 Å². The Balaban J connectivity index is 3.33. The van der Waals surface area contributed by atoms with Crippen LogP contribution in [0.1, 0.15) is 33.1 Å². The predicted octanol–water partition coefficient (Wildman–Crippen LogP) is 1.62. The average molecular weight is 229 g/mol. The molecule has 0 aliphatic carbocycles. The molecule has 0 N–H and O–H groups in total. The van der Waals surface area contributed by atoms with E-state index in [2.05, 4.69) is 6.92 Å². The second-order valence-corrected chi connectivity index (χ2v) is 3.23. The lowest BCUT2D eigenvalue weighted by molar-refractivity contribution is -0.175. The van der Waals surface area contributed by atoms with Crippen molar-refractivity contribution in [2.45, 2.75) is 39.4 Å². The van der Waals surface area contributed by atoms with E-state index in [1.807, 2.05) is 0 Å². The van der Waals surface area contributed by atoms with Crippen molar-refractivity contribution >= 4 is 5.97 Å². The van der Waals surface area contributed by atoms with Gasteiger partial charge in [0.2, 0.25) is 0 Å². The molecule has 0 saturated carbocycles. The molecule has 0 fully saturated rings. The average Bonchev–Trinajstić information content (AvgIpc) is 2.23. The summed E-state index contributed by atoms with van der Waals surface area (Å²) >= 11 is 0. The van der Waals surface area contributed by atoms with E-state index in [0.717, 1.165) is 19.4 Å². The molecule has 0 amide bonds. The topological polar surface area (TPSA) is 68.6 Å². The summed E-state index contributed by atoms with van der Waals surface area (Å²) in [4.78, 5) is 10.9. The fraction of sp³-hybridized carbons (Fsp3) is 0.818. The van der Waals surface area contributed by atoms with Crippen LogP contribution < -0.4 is 0 Å². The zero-order chi connectivity index (χ0) is 12.2. The Kier molecular flexibility index (Phi) is 9.67. The standard InChI is InChI=1S/C11H19NO4/c1-3-4-7-14-8-9-15-10(2)16-11(13)5-6-12/h10H,3-5,7-9H2,1-2H3. The van der Waals surface area contributed by atoms with E-state index in [4.69, 9.17) is 19.5 Å². The first-order valence-corrected chi connectivity index (χ1v) is 5.46. The largest absolute Gasteiger partial charge is 0.435 e. The highest BCUT2D eigenvalue weighted by Gasteiger charge is 2.08. The number of carbonyl (C=O) groups is 1. The molecule has 0 aromatic rings. The Morgan fingerprint density at radius 2 is 2.12 bits per heavy atom. The van der Waals surface area contributed by atoms with Crippen LogP contribution in [-0.4, -0.2) is 32.1 Å². The lowest BCUT2D eigenvalue weighted by atomic mass is 10.4. The summed E-state index contributed by atoms with van der Waals surface area (Å²) in [7, 11) is 0. The van der Waals surface area contributed by atoms with E-state index in [-0.39, 0.29) is 6.42 Å². The van der Waals surface area contributed by atoms with Gasteiger partial charge in [0.15, 0.2) is 6.29 Å². The van der Waals surface area contributed by atoms with Gasteiger partial charge in [-0.15, -0.1) is 0 Å². The molecule has 16 heavy (non-hydrogen) atoms. The lowest BCUT2D eigenvalue weighted by Crippen LogP contribution is -2.20. The van der Waals surface area contributed by atoms with Gasteiger partial charge in [-0.25, -0.2) is 0 Å². The maximum atomic E-state index is 10.9. The van der Waals surface area contributed by atoms with Crippen molar-refractivity contribution in [3.05, 3.63) is 0 Å². The van der Waals surface area contributed by atoms with E-state index in [1.54, 1.807) is 13.0 Å². The number of hydrogen-bond donors (Lipinski definition) is 0. The van der Waals surface area contributed by atoms with E-state index in [1.165, 1.54) is 0 Å². The second kappa shape index (κ2) is 10.4. The van der Waals surface area contributed by atoms with Crippen molar-refractivity contribution in [3.63, 3.8) is 0 Å². The Labute approximate surface area is 96.3 Å². The van der Waals surface area contributed by atoms with E-state index in [9.17, 15) is 4.79 Å². The van der Waals surface area contributed by atoms with Crippen LogP contribution in [0.2, 0.25) is 0 Å². The van der Waals surface area contributed by atoms with Crippen LogP contribution >= 0.6 is 0 Å². The number of esters is 1. The van der Waals surface area contributed by atoms with Gasteiger partial charge in [-0.1, -0.05) is 13.3 Å². The first kappa shape index (κ1) is 14.9. The summed E-state index contributed by atoms with van der Waals surface area (Å²) in [6.07, 6.45) is 1.26. The summed E-state index contributed by atoms with van der Waals surface area (Å²) in [6, 6.07) is 1.71. The van der Waals surface area contributed by atoms with E-state index >= 15 is 0 Å². The monoisotopic (exact) mass is 229 g/mol. The molecule has 0 aromatic carbocycles. The normalized spacial score (nSPS) is 11.8. The molecule has 0 bridgehead atoms. The van der Waals surface area contributed by atoms with Crippen LogP contribution in [0.15, 0.2) is 0 Å². The first-order chi connectivity index (χ1) is 7.70. The van der Waals surface area contributed by atoms with Gasteiger partial charge >= 0.3 is 5.97 Å². The smallest absolute Gasteiger partial charge is 0.322 e. The van der Waals surface area contributed by atoms with Crippen molar-refractivity contribution in [3.8, 4) is 6.07 Å². The molecule has 0 heterocycles. The minimum atomic E-state index is -0.629. The van der Waals surface area contributed by atoms with E-state index in [0.29, 0.717) is 13.2 Å². The maximum absolute atomic E-state index is 10.9. The molecule has 5 nitrogen and oxygen atoms in total. The molecule has 0 aromatic heterocycles. The van der Waals surface area contributed by atoms with Crippen molar-refractivity contribution in [2.75, 3.05) is 19.8 Å². The summed E-state index contributed by atoms with van der Waals surface area (Å²) < 4.78 is 15.2. The minimum absolute atomic E-state index is 0.249. The number of hydrogen-bond acceptors (Lipinski definition) is 5. The fourth-order valence-corrected chi connectivity index (χ4v) is 0.947. The number of nitrogens with zero attached hydrogens (tertiary/aromatic N) is 1. The molecule has 0 aliphatic rings. The van der Waals surface area contributed by atoms with Gasteiger partial charge in [-0.2, -0.15) is 5.26 Å². The fourth-order valence-electron chi connectivity index (χ4n) is 0.947. The lowest BCUT2D eigenvalue weighted by Gasteiger charge is -2.13. The SMILES string of the molecule is CCCCOCCOC(C)OC(=O)CC#N. The molecule has 1 unspecified atom stereocenters. The number of ether oxygens (including phenoxy) is 3. The summed E-state index contributed by atoms with van der Waals surface area (Å²) in [5.74, 6) is -0.568. The van der Waals surface area contributed by atoms with Gasteiger partial charge in [0.05, 0.1) is 19.3 Å². The third kappa shape index (κ3) is 9.44. The molecular weight excluding hydrogens is 210 g/mol. The third-order valence-corrected chi connectivity index (χ3v) is 1.74. The summed E-state index contributed by atoms with van der Waals surface area (Å²) in [5.41, 5.74) is 0. The Hall–Kier alpha value is -1.12. The van der Waals surface area contributed by atoms with Crippen molar-refractivity contribution in [2.24, 2.45) is 0 Å². The van der Waals surface area contributed by atoms with Crippen LogP contribution in [0.4, 0.5) is 0 Å². The molecular formula is C11H19NO4. The number of rotatable bonds is 9. The molecule has 0 rings (SSSR count). The zero-order valence-corrected chi connectivity index (χ0v) is 9.90. The second-order valence-electron chi connectivity index (χ2n) is 3.23. The highest BCUT2D eigenvalue weighted by Crippen LogP contribution is 1.96. The van der Waals surface area contributed by atoms with Crippen LogP contribution in [-0.2, 0) is 19.0 Å². The molecule has 0 spiro atoms. The number of carbonyl (C=O) groups excluding carboxylic acids is 1. The molecule has 92 valence electrons. The first-order valence-electron chi connectivity index (χ1n) is 5.46. The third-order valence-electron chi connectivity index (χ3n) is 1.74. The molecule has 1 atom stereocenters. The highest BCUT2D eigenvalue weighted by molar-refractivity contribution is 5.71. The Morgan fingerprint density at radius 3 is 2.75 bits per heavy atom. The Morgan fingerprint density at radius 1 is 1.38 bits per heavy atom.